The summed E-state index contributed by atoms with van der Waals surface area (Å²) in [5, 5.41) is 3.51. The van der Waals surface area contributed by atoms with Crippen molar-refractivity contribution in [3.05, 3.63) is 225 Å². The van der Waals surface area contributed by atoms with Gasteiger partial charge in [0.1, 0.15) is 5.82 Å². The molecule has 12 aromatic rings. The van der Waals surface area contributed by atoms with Crippen LogP contribution in [0, 0.1) is 18.5 Å². The molecule has 1 aliphatic carbocycles. The summed E-state index contributed by atoms with van der Waals surface area (Å²) >= 11 is 0. The van der Waals surface area contributed by atoms with Crippen molar-refractivity contribution < 1.29 is 30.4 Å². The molecule has 0 radical (unpaired) electrons. The van der Waals surface area contributed by atoms with Crippen LogP contribution in [0.2, 0.25) is 0 Å². The van der Waals surface area contributed by atoms with Crippen molar-refractivity contribution in [2.75, 3.05) is 0 Å². The minimum Gasteiger partial charge on any atom is -0.510 e. The first kappa shape index (κ1) is 42.1. The van der Waals surface area contributed by atoms with E-state index < -0.39 is 0 Å². The Morgan fingerprint density at radius 3 is 2.00 bits per heavy atom. The monoisotopic (exact) mass is 1070 g/mol. The summed E-state index contributed by atoms with van der Waals surface area (Å²) in [6.07, 6.45) is 9.24. The minimum absolute atomic E-state index is 0. The van der Waals surface area contributed by atoms with E-state index in [1.54, 1.807) is 0 Å². The van der Waals surface area contributed by atoms with Crippen LogP contribution >= 0.6 is 0 Å². The van der Waals surface area contributed by atoms with Gasteiger partial charge in [-0.2, -0.15) is 18.2 Å². The summed E-state index contributed by atoms with van der Waals surface area (Å²) in [6, 6.07) is 70.5. The second-order valence-corrected chi connectivity index (χ2v) is 17.5. The molecule has 5 aromatic heterocycles. The smallest absolute Gasteiger partial charge is 0.268 e. The number of nitrogens with zero attached hydrogens (tertiary/aromatic N) is 6. The van der Waals surface area contributed by atoms with Crippen molar-refractivity contribution >= 4 is 32.7 Å². The number of para-hydroxylation sites is 2. The molecule has 0 N–H and O–H groups in total. The van der Waals surface area contributed by atoms with E-state index in [4.69, 9.17) is 19.7 Å². The molecule has 0 atom stereocenters. The molecule has 5 heterocycles. The van der Waals surface area contributed by atoms with Gasteiger partial charge in [-0.05, 0) is 116 Å². The third kappa shape index (κ3) is 7.17. The number of hydrogen-bond acceptors (Lipinski definition) is 4. The predicted molar refractivity (Wildman–Crippen MR) is 270 cm³/mol. The maximum Gasteiger partial charge on any atom is 0.268 e. The maximum atomic E-state index is 6.78. The van der Waals surface area contributed by atoms with Gasteiger partial charge >= 0.3 is 0 Å². The first-order valence-electron chi connectivity index (χ1n) is 22.9. The van der Waals surface area contributed by atoms with E-state index in [-0.39, 0.29) is 21.1 Å². The number of fused-ring (bicyclic) bond motifs is 8. The Kier molecular flexibility index (Phi) is 10.5. The van der Waals surface area contributed by atoms with E-state index in [1.807, 2.05) is 89.9 Å². The summed E-state index contributed by atoms with van der Waals surface area (Å²) in [7, 11) is 0. The molecule has 332 valence electrons. The van der Waals surface area contributed by atoms with E-state index in [0.29, 0.717) is 17.4 Å². The summed E-state index contributed by atoms with van der Waals surface area (Å²) < 4.78 is 13.2. The van der Waals surface area contributed by atoms with Crippen molar-refractivity contribution in [1.82, 2.24) is 24.1 Å². The largest absolute Gasteiger partial charge is 0.510 e. The zero-order chi connectivity index (χ0) is 45.3. The Labute approximate surface area is 413 Å². The molecular weight excluding hydrogens is 1030 g/mol. The molecule has 1 aliphatic rings. The summed E-state index contributed by atoms with van der Waals surface area (Å²) in [5.41, 5.74) is 16.4. The van der Waals surface area contributed by atoms with Crippen LogP contribution in [0.25, 0.3) is 106 Å². The van der Waals surface area contributed by atoms with Crippen molar-refractivity contribution in [3.63, 3.8) is 0 Å². The number of imidazole rings is 1. The average molecular weight is 1070 g/mol. The molecule has 8 heteroatoms. The fourth-order valence-corrected chi connectivity index (χ4v) is 9.90. The van der Waals surface area contributed by atoms with E-state index in [9.17, 15) is 0 Å². The van der Waals surface area contributed by atoms with Crippen LogP contribution in [0.5, 0.6) is 11.5 Å². The number of aromatic nitrogens is 6. The van der Waals surface area contributed by atoms with Gasteiger partial charge in [-0.3, -0.25) is 14.5 Å². The Bertz CT molecular complexity index is 3870. The minimum atomic E-state index is 0. The van der Waals surface area contributed by atoms with Gasteiger partial charge in [-0.25, -0.2) is 4.98 Å². The van der Waals surface area contributed by atoms with Crippen LogP contribution in [-0.4, -0.2) is 24.1 Å². The predicted octanol–water partition coefficient (Wildman–Crippen LogP) is 14.2. The zero-order valence-corrected chi connectivity index (χ0v) is 39.8. The summed E-state index contributed by atoms with van der Waals surface area (Å²) in [4.78, 5) is 14.5. The molecule has 13 rings (SSSR count). The molecule has 69 heavy (non-hydrogen) atoms. The van der Waals surface area contributed by atoms with Crippen LogP contribution in [0.4, 0.5) is 0 Å². The number of hydrogen-bond donors (Lipinski definition) is 0. The molecular formula is C61H40N6OPt-2. The van der Waals surface area contributed by atoms with Crippen molar-refractivity contribution in [3.8, 4) is 84.7 Å². The second kappa shape index (κ2) is 17.1. The standard InChI is InChI=1S/C61H40N6O.Pt/c1-39(2)41-28-31-64-58(35-41)67-57-37-47(26-27-51(57)60-52-21-12-15-40-14-11-20-49(59(40)52)48-18-3-4-19-50(48)61(60)67)68-46-17-13-16-44(36-46)65-38-66(56-25-6-5-24-55(56)65)45-33-42(53-22-7-9-29-62-53)32-43(34-45)54-23-8-10-30-63-54;/h3-35,39H,1-2H3;/q-2;. The number of ether oxygens (including phenoxy) is 1. The third-order valence-corrected chi connectivity index (χ3v) is 13.0. The Hall–Kier alpha value is -8.25. The van der Waals surface area contributed by atoms with Gasteiger partial charge in [0.05, 0.1) is 28.1 Å². The first-order valence-corrected chi connectivity index (χ1v) is 22.9. The average Bonchev–Trinajstić information content (AvgIpc) is 3.92. The topological polar surface area (TPSA) is 61.6 Å². The summed E-state index contributed by atoms with van der Waals surface area (Å²) in [5.74, 6) is 2.27. The number of benzene rings is 7. The Morgan fingerprint density at radius 1 is 0.565 bits per heavy atom. The SMILES string of the molecule is CC(C)c1ccnc(-n2c3c(c4ccc(Oc5[c-]c(-n6[c-][n+](-c7cc(-c8ccccn8)cc(-c8ccccn8)c7)c7ccccc76)ccc5)[c-]c42)-c2cccc4cccc(c24)-c2ccccc2-3)c1.[Pt]. The zero-order valence-electron chi connectivity index (χ0n) is 37.5. The van der Waals surface area contributed by atoms with Gasteiger partial charge in [-0.1, -0.05) is 116 Å². The molecule has 0 saturated heterocycles. The van der Waals surface area contributed by atoms with Gasteiger partial charge in [0.2, 0.25) is 0 Å². The molecule has 0 bridgehead atoms. The van der Waals surface area contributed by atoms with E-state index >= 15 is 0 Å². The molecule has 7 aromatic carbocycles. The van der Waals surface area contributed by atoms with Crippen LogP contribution in [0.1, 0.15) is 25.3 Å². The number of pyridine rings is 3. The first-order chi connectivity index (χ1) is 33.5. The van der Waals surface area contributed by atoms with Gasteiger partial charge in [-0.15, -0.1) is 29.7 Å². The van der Waals surface area contributed by atoms with Crippen molar-refractivity contribution in [2.24, 2.45) is 0 Å². The second-order valence-electron chi connectivity index (χ2n) is 17.5. The van der Waals surface area contributed by atoms with E-state index in [0.717, 1.165) is 78.5 Å². The Balaban J connectivity index is 0.00000492. The molecule has 0 fully saturated rings. The molecule has 0 unspecified atom stereocenters. The van der Waals surface area contributed by atoms with E-state index in [1.165, 1.54) is 33.0 Å². The van der Waals surface area contributed by atoms with E-state index in [2.05, 4.69) is 157 Å². The fraction of sp³-hybridized carbons (Fsp3) is 0.0492. The van der Waals surface area contributed by atoms with Crippen LogP contribution in [-0.2, 0) is 21.1 Å². The Morgan fingerprint density at radius 2 is 1.25 bits per heavy atom. The van der Waals surface area contributed by atoms with Gasteiger partial charge in [0.25, 0.3) is 6.33 Å². The molecule has 7 nitrogen and oxygen atoms in total. The third-order valence-electron chi connectivity index (χ3n) is 13.0. The van der Waals surface area contributed by atoms with Crippen molar-refractivity contribution in [2.45, 2.75) is 19.8 Å². The van der Waals surface area contributed by atoms with Crippen LogP contribution < -0.4 is 9.30 Å². The van der Waals surface area contributed by atoms with Gasteiger partial charge in [0, 0.05) is 62.4 Å². The normalized spacial score (nSPS) is 11.6. The molecule has 0 amide bonds. The molecule has 0 saturated carbocycles. The van der Waals surface area contributed by atoms with Gasteiger partial charge < -0.3 is 13.9 Å². The fourth-order valence-electron chi connectivity index (χ4n) is 9.90. The summed E-state index contributed by atoms with van der Waals surface area (Å²) in [6.45, 7) is 4.44. The van der Waals surface area contributed by atoms with Gasteiger partial charge in [0.15, 0.2) is 0 Å². The molecule has 0 spiro atoms. The molecule has 0 aliphatic heterocycles. The van der Waals surface area contributed by atoms with Crippen LogP contribution in [0.15, 0.2) is 201 Å². The van der Waals surface area contributed by atoms with Crippen LogP contribution in [0.3, 0.4) is 0 Å². The maximum absolute atomic E-state index is 6.78. The quantitative estimate of drug-likeness (QED) is 0.112. The van der Waals surface area contributed by atoms with Crippen molar-refractivity contribution in [1.29, 1.82) is 0 Å². The number of rotatable bonds is 8.